The lowest BCUT2D eigenvalue weighted by Crippen LogP contribution is -3.11. The zero-order valence-corrected chi connectivity index (χ0v) is 36.6. The number of quaternary nitrogens is 1. The Kier molecular flexibility index (Phi) is 21.5. The zero-order chi connectivity index (χ0) is 46.6. The molecule has 11 atom stereocenters. The van der Waals surface area contributed by atoms with Crippen molar-refractivity contribution in [1.29, 1.82) is 0 Å². The molecule has 0 aromatic heterocycles. The van der Waals surface area contributed by atoms with Crippen molar-refractivity contribution in [2.45, 2.75) is 110 Å². The van der Waals surface area contributed by atoms with Crippen LogP contribution in [0.4, 0.5) is 0 Å². The summed E-state index contributed by atoms with van der Waals surface area (Å²) in [4.78, 5) is 91.9. The van der Waals surface area contributed by atoms with E-state index in [2.05, 4.69) is 30.8 Å². The second-order valence-electron chi connectivity index (χ2n) is 13.7. The second kappa shape index (κ2) is 26.1. The molecule has 2 unspecified atom stereocenters. The molecule has 0 spiro atoms. The summed E-state index contributed by atoms with van der Waals surface area (Å²) in [7, 11) is -3.72. The molecule has 2 aromatic rings. The van der Waals surface area contributed by atoms with Crippen LogP contribution in [0.25, 0.3) is 10.4 Å². The number of carbonyl (C=O) groups is 6. The third kappa shape index (κ3) is 16.3. The molecule has 2 aromatic carbocycles. The van der Waals surface area contributed by atoms with Gasteiger partial charge in [-0.2, -0.15) is 0 Å². The highest BCUT2D eigenvalue weighted by molar-refractivity contribution is 7.30. The van der Waals surface area contributed by atoms with Crippen LogP contribution in [-0.2, 0) is 70.9 Å². The summed E-state index contributed by atoms with van der Waals surface area (Å²) in [5.41, 5.74) is 9.62. The van der Waals surface area contributed by atoms with Gasteiger partial charge in [-0.25, -0.2) is 9.59 Å². The highest BCUT2D eigenvalue weighted by Crippen LogP contribution is 2.37. The number of azide groups is 1. The quantitative estimate of drug-likeness (QED) is 0.0558. The number of ether oxygens (including phenoxy) is 9. The number of benzene rings is 2. The van der Waals surface area contributed by atoms with E-state index in [1.54, 1.807) is 29.2 Å². The molecule has 0 saturated carbocycles. The van der Waals surface area contributed by atoms with Crippen LogP contribution in [-0.4, -0.2) is 130 Å². The molecule has 0 amide bonds. The number of rotatable bonds is 18. The Hall–Kier alpha value is -5.57. The highest BCUT2D eigenvalue weighted by atomic mass is 31.1. The van der Waals surface area contributed by atoms with Crippen molar-refractivity contribution in [1.82, 2.24) is 0 Å². The third-order valence-corrected chi connectivity index (χ3v) is 9.75. The van der Waals surface area contributed by atoms with Crippen molar-refractivity contribution >= 4 is 44.1 Å². The number of hydrogen-bond donors (Lipinski definition) is 1. The largest absolute Gasteiger partial charge is 0.566 e. The predicted octanol–water partition coefficient (Wildman–Crippen LogP) is 1.91. The maximum Gasteiger partial charge on any atom is 0.491 e. The van der Waals surface area contributed by atoms with Gasteiger partial charge in [0.2, 0.25) is 6.29 Å². The second-order valence-corrected chi connectivity index (χ2v) is 14.4. The van der Waals surface area contributed by atoms with Gasteiger partial charge in [-0.1, -0.05) is 41.5 Å². The van der Waals surface area contributed by atoms with Crippen LogP contribution in [0.3, 0.4) is 0 Å². The standard InChI is InChI=1S/C34H36N3O18P.C6H15N/c1-17(38)46-15-23-27(48-18(2)39)29(49-19(3)40)30(50-20(4)41)34(52-23)54-26-24(16-47-31(42)21-11-7-5-8-12-21)51-33(55-56(44)45)25(36-37-35)28(26)53-32(43)22-13-9-6-10-14-22;1-4-7(5-2)6-3/h5-14,23-30,33-34H,15-16H2,1-4H3;4-6H2,1-3H3/p+1/t23-,24-,25+,26-,27+,28-,29+,30-,33?,34+;/m1./s1. The molecule has 1 N–H and O–H groups in total. The topological polar surface area (TPSA) is 288 Å². The average Bonchev–Trinajstić information content (AvgIpc) is 3.24. The highest BCUT2D eigenvalue weighted by Gasteiger charge is 2.57. The molecule has 2 saturated heterocycles. The van der Waals surface area contributed by atoms with Gasteiger partial charge < -0.3 is 52.4 Å². The summed E-state index contributed by atoms with van der Waals surface area (Å²) >= 11 is 0. The van der Waals surface area contributed by atoms with Crippen LogP contribution >= 0.6 is 8.25 Å². The fraction of sp³-hybridized carbons (Fsp3) is 0.550. The first-order valence-electron chi connectivity index (χ1n) is 19.8. The smallest absolute Gasteiger partial charge is 0.491 e. The molecule has 22 nitrogen and oxygen atoms in total. The Labute approximate surface area is 363 Å². The lowest BCUT2D eigenvalue weighted by Gasteiger charge is -2.48. The Bertz CT molecular complexity index is 1900. The molecule has 63 heavy (non-hydrogen) atoms. The molecule has 2 fully saturated rings. The van der Waals surface area contributed by atoms with Crippen LogP contribution in [0.2, 0.25) is 0 Å². The molecule has 0 bridgehead atoms. The molecule has 0 aliphatic carbocycles. The van der Waals surface area contributed by atoms with E-state index in [9.17, 15) is 43.8 Å². The SMILES string of the molecule is CC(=O)OC[C@H]1O[C@@H](O[C@H]2[C@H](OC(=O)c3ccccc3)[C@H](N=[N+]=[N-])C(O[P+](=O)[O-])O[C@@H]2COC(=O)c2ccccc2)[C@H](OC(C)=O)[C@@H](OC(C)=O)[C@H]1OC(C)=O.CC[NH+](CC)CC. The summed E-state index contributed by atoms with van der Waals surface area (Å²) in [6.07, 6.45) is -15.9. The number of nitrogens with one attached hydrogen (secondary N) is 1. The molecule has 2 aliphatic rings. The van der Waals surface area contributed by atoms with Crippen molar-refractivity contribution in [3.05, 3.63) is 82.2 Å². The van der Waals surface area contributed by atoms with Crippen molar-refractivity contribution < 1.29 is 90.3 Å². The van der Waals surface area contributed by atoms with Crippen LogP contribution in [0.15, 0.2) is 65.8 Å². The predicted molar refractivity (Wildman–Crippen MR) is 212 cm³/mol. The Morgan fingerprint density at radius 2 is 1.13 bits per heavy atom. The number of carbonyl (C=O) groups excluding carboxylic acids is 6. The molecule has 4 rings (SSSR count). The van der Waals surface area contributed by atoms with Gasteiger partial charge in [-0.05, 0) is 55.1 Å². The van der Waals surface area contributed by atoms with E-state index in [1.807, 2.05) is 0 Å². The van der Waals surface area contributed by atoms with E-state index in [-0.39, 0.29) is 11.1 Å². The molecule has 23 heteroatoms. The monoisotopic (exact) mass is 907 g/mol. The zero-order valence-electron chi connectivity index (χ0n) is 35.7. The van der Waals surface area contributed by atoms with Gasteiger partial charge in [0.05, 0.1) is 30.8 Å². The van der Waals surface area contributed by atoms with E-state index < -0.39 is 119 Å². The molecule has 0 radical (unpaired) electrons. The van der Waals surface area contributed by atoms with Crippen LogP contribution in [0.5, 0.6) is 0 Å². The summed E-state index contributed by atoms with van der Waals surface area (Å²) in [6.45, 7) is 13.1. The molecular formula is C40H52N4O18P+. The van der Waals surface area contributed by atoms with Crippen molar-refractivity contribution in [2.75, 3.05) is 32.8 Å². The first-order valence-corrected chi connectivity index (χ1v) is 20.9. The minimum Gasteiger partial charge on any atom is -0.566 e. The Morgan fingerprint density at radius 1 is 0.651 bits per heavy atom. The third-order valence-electron chi connectivity index (χ3n) is 9.37. The van der Waals surface area contributed by atoms with Crippen molar-refractivity contribution in [3.63, 3.8) is 0 Å². The maximum atomic E-state index is 13.6. The first-order chi connectivity index (χ1) is 30.0. The van der Waals surface area contributed by atoms with E-state index in [1.165, 1.54) is 56.0 Å². The van der Waals surface area contributed by atoms with Gasteiger partial charge in [-0.3, -0.25) is 19.2 Å². The van der Waals surface area contributed by atoms with Gasteiger partial charge in [0.25, 0.3) is 0 Å². The first kappa shape index (κ1) is 51.8. The van der Waals surface area contributed by atoms with Crippen LogP contribution < -0.4 is 9.79 Å². The number of hydrogen-bond acceptors (Lipinski definition) is 19. The van der Waals surface area contributed by atoms with Crippen LogP contribution in [0.1, 0.15) is 69.2 Å². The van der Waals surface area contributed by atoms with E-state index in [0.717, 1.165) is 27.7 Å². The average molecular weight is 908 g/mol. The van der Waals surface area contributed by atoms with Gasteiger partial charge >= 0.3 is 44.1 Å². The Morgan fingerprint density at radius 3 is 1.60 bits per heavy atom. The van der Waals surface area contributed by atoms with E-state index in [4.69, 9.17) is 47.2 Å². The van der Waals surface area contributed by atoms with E-state index >= 15 is 0 Å². The molecule has 2 heterocycles. The minimum absolute atomic E-state index is 0.0239. The molecular weight excluding hydrogens is 855 g/mol. The fourth-order valence-electron chi connectivity index (χ4n) is 6.46. The van der Waals surface area contributed by atoms with Gasteiger partial charge in [-0.15, -0.1) is 4.52 Å². The van der Waals surface area contributed by atoms with Crippen molar-refractivity contribution in [3.8, 4) is 0 Å². The summed E-state index contributed by atoms with van der Waals surface area (Å²) in [5.74, 6) is -5.57. The maximum absolute atomic E-state index is 13.6. The number of nitrogens with zero attached hydrogens (tertiary/aromatic N) is 3. The lowest BCUT2D eigenvalue weighted by molar-refractivity contribution is -0.894. The summed E-state index contributed by atoms with van der Waals surface area (Å²) < 4.78 is 67.7. The number of esters is 6. The van der Waals surface area contributed by atoms with Gasteiger partial charge in [0.1, 0.15) is 43.7 Å². The van der Waals surface area contributed by atoms with Crippen molar-refractivity contribution in [2.24, 2.45) is 5.11 Å². The van der Waals surface area contributed by atoms with Crippen LogP contribution in [0, 0.1) is 0 Å². The molecule has 344 valence electrons. The van der Waals surface area contributed by atoms with Gasteiger partial charge in [0.15, 0.2) is 24.6 Å². The van der Waals surface area contributed by atoms with E-state index in [0.29, 0.717) is 0 Å². The minimum atomic E-state index is -3.72. The summed E-state index contributed by atoms with van der Waals surface area (Å²) in [6, 6.07) is 13.2. The van der Waals surface area contributed by atoms with Gasteiger partial charge in [0, 0.05) is 32.6 Å². The molecule has 2 aliphatic heterocycles. The normalized spacial score (nSPS) is 25.4. The fourth-order valence-corrected chi connectivity index (χ4v) is 6.81. The Balaban J connectivity index is 0.00000139. The lowest BCUT2D eigenvalue weighted by atomic mass is 9.95. The summed E-state index contributed by atoms with van der Waals surface area (Å²) in [5, 5.41) is 3.58.